The van der Waals surface area contributed by atoms with E-state index in [-0.39, 0.29) is 20.6 Å². The minimum absolute atomic E-state index is 0. The predicted octanol–water partition coefficient (Wildman–Crippen LogP) is 3.53. The first-order valence-corrected chi connectivity index (χ1v) is 11.8. The fraction of sp³-hybridized carbons (Fsp3) is 0.444. The molecule has 38 heavy (non-hydrogen) atoms. The Morgan fingerprint density at radius 3 is 2.50 bits per heavy atom. The van der Waals surface area contributed by atoms with Gasteiger partial charge in [0.25, 0.3) is 5.92 Å². The lowest BCUT2D eigenvalue weighted by molar-refractivity contribution is -0.148. The van der Waals surface area contributed by atoms with E-state index in [9.17, 15) is 18.4 Å². The van der Waals surface area contributed by atoms with Crippen molar-refractivity contribution in [3.63, 3.8) is 0 Å². The molecule has 3 aromatic rings. The third kappa shape index (κ3) is 8.57. The summed E-state index contributed by atoms with van der Waals surface area (Å²) < 4.78 is 39.3. The molecule has 4 N–H and O–H groups in total. The number of benzene rings is 1. The van der Waals surface area contributed by atoms with Gasteiger partial charge in [0.05, 0.1) is 42.6 Å². The molecule has 3 rings (SSSR count). The maximum Gasteiger partial charge on any atom is 0.306 e. The second kappa shape index (κ2) is 13.4. The minimum Gasteiger partial charge on any atom is -0.459 e. The number of hydrogen-bond acceptors (Lipinski definition) is 7. The highest BCUT2D eigenvalue weighted by molar-refractivity contribution is 5.85. The van der Waals surface area contributed by atoms with Crippen LogP contribution in [0.15, 0.2) is 54.7 Å². The van der Waals surface area contributed by atoms with Gasteiger partial charge in [-0.1, -0.05) is 43.8 Å². The van der Waals surface area contributed by atoms with E-state index in [0.29, 0.717) is 23.6 Å². The Kier molecular flexibility index (Phi) is 10.9. The van der Waals surface area contributed by atoms with Crippen molar-refractivity contribution in [3.05, 3.63) is 71.8 Å². The number of fused-ring (bicyclic) bond motifs is 1. The number of carbonyl (C=O) groups is 2. The van der Waals surface area contributed by atoms with E-state index in [1.807, 2.05) is 30.3 Å². The van der Waals surface area contributed by atoms with Crippen LogP contribution in [0.4, 0.5) is 8.78 Å². The lowest BCUT2D eigenvalue weighted by atomic mass is 10.1. The molecule has 0 aliphatic carbocycles. The SMILES string of the molecule is C.CC(C)(N)C(=O)N[C@H](COCc1ccccc1)c1ncc2cccc(COC(=O)CCC(F)(F)CO)n12. The fourth-order valence-corrected chi connectivity index (χ4v) is 3.49. The van der Waals surface area contributed by atoms with Gasteiger partial charge >= 0.3 is 5.97 Å². The molecule has 11 heteroatoms. The number of ether oxygens (including phenoxy) is 2. The standard InChI is InChI=1S/C26H32F2N4O5.CH4/c1-25(2,29)24(35)31-21(16-36-14-18-7-4-3-5-8-18)23-30-13-19-9-6-10-20(32(19)23)15-37-22(34)11-12-26(27,28)17-33;/h3-10,13,21,33H,11-12,14-17,29H2,1-2H3,(H,31,35);1H4/t21-;/m1./s1. The maximum atomic E-state index is 13.3. The monoisotopic (exact) mass is 534 g/mol. The van der Waals surface area contributed by atoms with Gasteiger partial charge in [-0.15, -0.1) is 0 Å². The van der Waals surface area contributed by atoms with Crippen LogP contribution in [0.25, 0.3) is 5.52 Å². The van der Waals surface area contributed by atoms with E-state index in [4.69, 9.17) is 20.3 Å². The number of aliphatic hydroxyl groups is 1. The smallest absolute Gasteiger partial charge is 0.306 e. The van der Waals surface area contributed by atoms with Crippen LogP contribution in [0.2, 0.25) is 0 Å². The molecule has 0 fully saturated rings. The molecule has 208 valence electrons. The molecule has 9 nitrogen and oxygen atoms in total. The van der Waals surface area contributed by atoms with Crippen molar-refractivity contribution >= 4 is 17.4 Å². The minimum atomic E-state index is -3.35. The third-order valence-corrected chi connectivity index (χ3v) is 5.56. The molecule has 0 saturated heterocycles. The number of amides is 1. The third-order valence-electron chi connectivity index (χ3n) is 5.56. The largest absolute Gasteiger partial charge is 0.459 e. The van der Waals surface area contributed by atoms with Crippen LogP contribution in [-0.2, 0) is 32.3 Å². The second-order valence-electron chi connectivity index (χ2n) is 9.32. The first-order chi connectivity index (χ1) is 17.5. The lowest BCUT2D eigenvalue weighted by Crippen LogP contribution is -2.51. The van der Waals surface area contributed by atoms with E-state index in [2.05, 4.69) is 10.3 Å². The van der Waals surface area contributed by atoms with Crippen LogP contribution in [0.1, 0.15) is 57.2 Å². The number of hydrogen-bond donors (Lipinski definition) is 3. The zero-order valence-corrected chi connectivity index (χ0v) is 20.8. The van der Waals surface area contributed by atoms with Crippen molar-refractivity contribution in [2.75, 3.05) is 13.2 Å². The number of aliphatic hydroxyl groups excluding tert-OH is 1. The van der Waals surface area contributed by atoms with Crippen molar-refractivity contribution in [3.8, 4) is 0 Å². The van der Waals surface area contributed by atoms with E-state index < -0.39 is 48.8 Å². The average molecular weight is 535 g/mol. The number of nitrogens with one attached hydrogen (secondary N) is 1. The Morgan fingerprint density at radius 1 is 1.13 bits per heavy atom. The zero-order chi connectivity index (χ0) is 27.1. The topological polar surface area (TPSA) is 128 Å². The summed E-state index contributed by atoms with van der Waals surface area (Å²) in [6, 6.07) is 14.1. The van der Waals surface area contributed by atoms with Crippen molar-refractivity contribution in [1.82, 2.24) is 14.7 Å². The summed E-state index contributed by atoms with van der Waals surface area (Å²) in [6.45, 7) is 2.01. The van der Waals surface area contributed by atoms with Gasteiger partial charge in [0.15, 0.2) is 0 Å². The van der Waals surface area contributed by atoms with Crippen LogP contribution in [0.3, 0.4) is 0 Å². The quantitative estimate of drug-likeness (QED) is 0.286. The van der Waals surface area contributed by atoms with Crippen molar-refractivity contribution in [2.45, 2.75) is 64.8 Å². The molecule has 1 amide bonds. The van der Waals surface area contributed by atoms with Gasteiger partial charge in [0, 0.05) is 6.42 Å². The molecule has 0 radical (unpaired) electrons. The number of imidazole rings is 1. The Hall–Kier alpha value is -3.41. The molecule has 0 aliphatic heterocycles. The van der Waals surface area contributed by atoms with Crippen molar-refractivity contribution < 1.29 is 33.0 Å². The summed E-state index contributed by atoms with van der Waals surface area (Å²) in [5, 5.41) is 11.6. The van der Waals surface area contributed by atoms with Crippen molar-refractivity contribution in [2.24, 2.45) is 5.73 Å². The highest BCUT2D eigenvalue weighted by Crippen LogP contribution is 2.22. The molecule has 1 atom stereocenters. The molecule has 1 aromatic carbocycles. The molecule has 0 unspecified atom stereocenters. The van der Waals surface area contributed by atoms with Gasteiger partial charge in [-0.25, -0.2) is 13.8 Å². The van der Waals surface area contributed by atoms with Crippen LogP contribution in [0.5, 0.6) is 0 Å². The van der Waals surface area contributed by atoms with E-state index in [1.165, 1.54) is 0 Å². The number of alkyl halides is 2. The molecular formula is C27H36F2N4O5. The summed E-state index contributed by atoms with van der Waals surface area (Å²) >= 11 is 0. The number of nitrogens with zero attached hydrogens (tertiary/aromatic N) is 2. The van der Waals surface area contributed by atoms with Crippen LogP contribution in [-0.4, -0.2) is 51.0 Å². The number of nitrogens with two attached hydrogens (primary N) is 1. The molecule has 0 saturated carbocycles. The van der Waals surface area contributed by atoms with Gasteiger partial charge in [-0.3, -0.25) is 14.0 Å². The summed E-state index contributed by atoms with van der Waals surface area (Å²) in [5.41, 5.74) is 6.98. The number of carbonyl (C=O) groups excluding carboxylic acids is 2. The summed E-state index contributed by atoms with van der Waals surface area (Å²) in [5.74, 6) is -4.16. The van der Waals surface area contributed by atoms with Crippen LogP contribution >= 0.6 is 0 Å². The molecule has 0 bridgehead atoms. The van der Waals surface area contributed by atoms with Crippen LogP contribution in [0, 0.1) is 0 Å². The molecule has 0 spiro atoms. The zero-order valence-electron chi connectivity index (χ0n) is 20.8. The maximum absolute atomic E-state index is 13.3. The highest BCUT2D eigenvalue weighted by Gasteiger charge is 2.30. The first-order valence-electron chi connectivity index (χ1n) is 11.8. The number of aromatic nitrogens is 2. The fourth-order valence-electron chi connectivity index (χ4n) is 3.49. The predicted molar refractivity (Wildman–Crippen MR) is 138 cm³/mol. The van der Waals surface area contributed by atoms with Crippen molar-refractivity contribution in [1.29, 1.82) is 0 Å². The second-order valence-corrected chi connectivity index (χ2v) is 9.32. The van der Waals surface area contributed by atoms with Gasteiger partial charge in [-0.05, 0) is 31.5 Å². The molecule has 2 aromatic heterocycles. The Balaban J connectivity index is 0.00000507. The van der Waals surface area contributed by atoms with E-state index >= 15 is 0 Å². The Labute approximate surface area is 221 Å². The highest BCUT2D eigenvalue weighted by atomic mass is 19.3. The average Bonchev–Trinajstić information content (AvgIpc) is 3.30. The number of esters is 1. The van der Waals surface area contributed by atoms with Gasteiger partial charge in [0.1, 0.15) is 25.1 Å². The molecular weight excluding hydrogens is 498 g/mol. The van der Waals surface area contributed by atoms with E-state index in [0.717, 1.165) is 5.56 Å². The number of halogens is 2. The normalized spacial score (nSPS) is 12.6. The molecule has 0 aliphatic rings. The van der Waals surface area contributed by atoms with Gasteiger partial charge in [-0.2, -0.15) is 0 Å². The molecule has 2 heterocycles. The van der Waals surface area contributed by atoms with Gasteiger partial charge < -0.3 is 25.6 Å². The van der Waals surface area contributed by atoms with Gasteiger partial charge in [0.2, 0.25) is 5.91 Å². The number of rotatable bonds is 13. The summed E-state index contributed by atoms with van der Waals surface area (Å²) in [6.07, 6.45) is 0.245. The Morgan fingerprint density at radius 2 is 1.84 bits per heavy atom. The lowest BCUT2D eigenvalue weighted by Gasteiger charge is -2.24. The van der Waals surface area contributed by atoms with Crippen LogP contribution < -0.4 is 11.1 Å². The van der Waals surface area contributed by atoms with E-state index in [1.54, 1.807) is 42.6 Å². The Bertz CT molecular complexity index is 1200. The number of pyridine rings is 1. The summed E-state index contributed by atoms with van der Waals surface area (Å²) in [4.78, 5) is 29.3. The first kappa shape index (κ1) is 30.8. The summed E-state index contributed by atoms with van der Waals surface area (Å²) in [7, 11) is 0.